The lowest BCUT2D eigenvalue weighted by molar-refractivity contribution is 0.0827. The first-order valence-electron chi connectivity index (χ1n) is 6.24. The van der Waals surface area contributed by atoms with E-state index in [-0.39, 0.29) is 12.2 Å². The van der Waals surface area contributed by atoms with E-state index in [9.17, 15) is 4.79 Å². The Morgan fingerprint density at radius 2 is 2.25 bits per heavy atom. The molecule has 0 aromatic heterocycles. The summed E-state index contributed by atoms with van der Waals surface area (Å²) in [6.45, 7) is 5.62. The maximum absolute atomic E-state index is 11.5. The number of hydrogen-bond acceptors (Lipinski definition) is 3. The van der Waals surface area contributed by atoms with Crippen molar-refractivity contribution in [3.05, 3.63) is 0 Å². The van der Waals surface area contributed by atoms with E-state index < -0.39 is 0 Å². The van der Waals surface area contributed by atoms with Crippen molar-refractivity contribution in [2.24, 2.45) is 0 Å². The van der Waals surface area contributed by atoms with Crippen molar-refractivity contribution in [3.8, 4) is 0 Å². The van der Waals surface area contributed by atoms with Gasteiger partial charge < -0.3 is 15.0 Å². The number of carbonyl (C=O) groups is 1. The quantitative estimate of drug-likeness (QED) is 0.800. The zero-order valence-electron chi connectivity index (χ0n) is 10.7. The Bertz CT molecular complexity index is 213. The first-order chi connectivity index (χ1) is 7.59. The van der Waals surface area contributed by atoms with E-state index >= 15 is 0 Å². The van der Waals surface area contributed by atoms with Crippen LogP contribution in [0.5, 0.6) is 0 Å². The van der Waals surface area contributed by atoms with Gasteiger partial charge in [-0.2, -0.15) is 0 Å². The van der Waals surface area contributed by atoms with Crippen molar-refractivity contribution in [2.75, 3.05) is 20.1 Å². The molecule has 1 N–H and O–H groups in total. The average Bonchev–Trinajstić information content (AvgIpc) is 2.26. The van der Waals surface area contributed by atoms with Gasteiger partial charge in [0.1, 0.15) is 0 Å². The molecule has 1 atom stereocenters. The van der Waals surface area contributed by atoms with E-state index in [1.54, 1.807) is 11.9 Å². The van der Waals surface area contributed by atoms with Gasteiger partial charge in [0.25, 0.3) is 0 Å². The summed E-state index contributed by atoms with van der Waals surface area (Å²) in [6, 6.07) is 0.572. The smallest absolute Gasteiger partial charge is 0.409 e. The molecule has 1 aliphatic rings. The van der Waals surface area contributed by atoms with E-state index in [0.29, 0.717) is 6.04 Å². The lowest BCUT2D eigenvalue weighted by Gasteiger charge is -2.26. The molecule has 0 radical (unpaired) electrons. The Labute approximate surface area is 98.3 Å². The van der Waals surface area contributed by atoms with Crippen LogP contribution in [-0.4, -0.2) is 43.3 Å². The van der Waals surface area contributed by atoms with Gasteiger partial charge in [-0.3, -0.25) is 0 Å². The van der Waals surface area contributed by atoms with E-state index in [1.165, 1.54) is 19.3 Å². The van der Waals surface area contributed by atoms with Crippen LogP contribution in [0.15, 0.2) is 0 Å². The zero-order chi connectivity index (χ0) is 12.0. The minimum atomic E-state index is -0.217. The average molecular weight is 228 g/mol. The third-order valence-corrected chi connectivity index (χ3v) is 2.87. The summed E-state index contributed by atoms with van der Waals surface area (Å²) in [5.74, 6) is 0. The van der Waals surface area contributed by atoms with Crippen LogP contribution in [0.4, 0.5) is 4.79 Å². The number of nitrogens with zero attached hydrogens (tertiary/aromatic N) is 1. The standard InChI is InChI=1S/C12H24N2O2/c1-10(2)16-12(15)14(3)9-7-11-6-4-5-8-13-11/h10-11,13H,4-9H2,1-3H3. The Hall–Kier alpha value is -0.770. The van der Waals surface area contributed by atoms with Gasteiger partial charge in [-0.15, -0.1) is 0 Å². The van der Waals surface area contributed by atoms with Crippen molar-refractivity contribution in [2.45, 2.75) is 51.7 Å². The molecule has 4 heteroatoms. The van der Waals surface area contributed by atoms with Crippen molar-refractivity contribution >= 4 is 6.09 Å². The Balaban J connectivity index is 2.17. The summed E-state index contributed by atoms with van der Waals surface area (Å²) >= 11 is 0. The largest absolute Gasteiger partial charge is 0.447 e. The molecule has 0 aromatic carbocycles. The van der Waals surface area contributed by atoms with Crippen LogP contribution < -0.4 is 5.32 Å². The highest BCUT2D eigenvalue weighted by Crippen LogP contribution is 2.10. The molecule has 1 aliphatic heterocycles. The number of carbonyl (C=O) groups excluding carboxylic acids is 1. The number of amides is 1. The molecule has 0 aromatic rings. The molecule has 1 fully saturated rings. The lowest BCUT2D eigenvalue weighted by Crippen LogP contribution is -2.38. The van der Waals surface area contributed by atoms with E-state index in [0.717, 1.165) is 19.5 Å². The Kier molecular flexibility index (Phi) is 5.60. The molecule has 1 amide bonds. The summed E-state index contributed by atoms with van der Waals surface area (Å²) in [6.07, 6.45) is 4.57. The predicted octanol–water partition coefficient (Wildman–Crippen LogP) is 2.00. The number of rotatable bonds is 4. The minimum absolute atomic E-state index is 0.0391. The molecule has 94 valence electrons. The zero-order valence-corrected chi connectivity index (χ0v) is 10.7. The molecule has 0 spiro atoms. The normalized spacial score (nSPS) is 20.9. The van der Waals surface area contributed by atoms with Gasteiger partial charge in [-0.1, -0.05) is 6.42 Å². The predicted molar refractivity (Wildman–Crippen MR) is 64.5 cm³/mol. The Morgan fingerprint density at radius 3 is 2.81 bits per heavy atom. The molecular formula is C12H24N2O2. The fraction of sp³-hybridized carbons (Fsp3) is 0.917. The maximum Gasteiger partial charge on any atom is 0.409 e. The first kappa shape index (κ1) is 13.3. The van der Waals surface area contributed by atoms with Crippen LogP contribution in [0.2, 0.25) is 0 Å². The molecule has 1 saturated heterocycles. The van der Waals surface area contributed by atoms with Gasteiger partial charge in [0.2, 0.25) is 0 Å². The summed E-state index contributed by atoms with van der Waals surface area (Å²) < 4.78 is 5.12. The van der Waals surface area contributed by atoms with Crippen molar-refractivity contribution in [1.29, 1.82) is 0 Å². The van der Waals surface area contributed by atoms with E-state index in [2.05, 4.69) is 5.32 Å². The van der Waals surface area contributed by atoms with Gasteiger partial charge in [0.15, 0.2) is 0 Å². The van der Waals surface area contributed by atoms with E-state index in [1.807, 2.05) is 13.8 Å². The van der Waals surface area contributed by atoms with Crippen molar-refractivity contribution in [3.63, 3.8) is 0 Å². The molecule has 1 rings (SSSR count). The fourth-order valence-electron chi connectivity index (χ4n) is 1.90. The van der Waals surface area contributed by atoms with Crippen LogP contribution in [-0.2, 0) is 4.74 Å². The number of piperidine rings is 1. The van der Waals surface area contributed by atoms with Crippen LogP contribution >= 0.6 is 0 Å². The second-order valence-corrected chi connectivity index (χ2v) is 4.79. The SMILES string of the molecule is CC(C)OC(=O)N(C)CCC1CCCCN1. The Morgan fingerprint density at radius 1 is 1.50 bits per heavy atom. The van der Waals surface area contributed by atoms with Crippen molar-refractivity contribution < 1.29 is 9.53 Å². The molecule has 1 heterocycles. The summed E-state index contributed by atoms with van der Waals surface area (Å²) in [5, 5.41) is 3.48. The second-order valence-electron chi connectivity index (χ2n) is 4.79. The van der Waals surface area contributed by atoms with Crippen LogP contribution in [0, 0.1) is 0 Å². The van der Waals surface area contributed by atoms with Gasteiger partial charge >= 0.3 is 6.09 Å². The highest BCUT2D eigenvalue weighted by Gasteiger charge is 2.16. The highest BCUT2D eigenvalue weighted by atomic mass is 16.6. The van der Waals surface area contributed by atoms with Crippen LogP contribution in [0.1, 0.15) is 39.5 Å². The molecule has 4 nitrogen and oxygen atoms in total. The van der Waals surface area contributed by atoms with E-state index in [4.69, 9.17) is 4.74 Å². The molecule has 0 bridgehead atoms. The second kappa shape index (κ2) is 6.74. The minimum Gasteiger partial charge on any atom is -0.447 e. The number of hydrogen-bond donors (Lipinski definition) is 1. The summed E-state index contributed by atoms with van der Waals surface area (Å²) in [4.78, 5) is 13.2. The van der Waals surface area contributed by atoms with Gasteiger partial charge in [0.05, 0.1) is 6.10 Å². The van der Waals surface area contributed by atoms with Crippen LogP contribution in [0.3, 0.4) is 0 Å². The number of nitrogens with one attached hydrogen (secondary N) is 1. The van der Waals surface area contributed by atoms with Crippen molar-refractivity contribution in [1.82, 2.24) is 10.2 Å². The van der Waals surface area contributed by atoms with Gasteiger partial charge in [-0.05, 0) is 39.7 Å². The number of ether oxygens (including phenoxy) is 1. The lowest BCUT2D eigenvalue weighted by atomic mass is 10.0. The highest BCUT2D eigenvalue weighted by molar-refractivity contribution is 5.67. The molecular weight excluding hydrogens is 204 g/mol. The first-order valence-corrected chi connectivity index (χ1v) is 6.24. The topological polar surface area (TPSA) is 41.6 Å². The molecule has 0 aliphatic carbocycles. The monoisotopic (exact) mass is 228 g/mol. The molecule has 1 unspecified atom stereocenters. The summed E-state index contributed by atoms with van der Waals surface area (Å²) in [5.41, 5.74) is 0. The van der Waals surface area contributed by atoms with Gasteiger partial charge in [-0.25, -0.2) is 4.79 Å². The fourth-order valence-corrected chi connectivity index (χ4v) is 1.90. The molecule has 16 heavy (non-hydrogen) atoms. The summed E-state index contributed by atoms with van der Waals surface area (Å²) in [7, 11) is 1.80. The van der Waals surface area contributed by atoms with Crippen LogP contribution in [0.25, 0.3) is 0 Å². The third kappa shape index (κ3) is 4.84. The maximum atomic E-state index is 11.5. The van der Waals surface area contributed by atoms with Gasteiger partial charge in [0, 0.05) is 19.6 Å². The third-order valence-electron chi connectivity index (χ3n) is 2.87. The molecule has 0 saturated carbocycles.